The third kappa shape index (κ3) is 3.39. The molecule has 0 saturated carbocycles. The van der Waals surface area contributed by atoms with Crippen molar-refractivity contribution in [2.24, 2.45) is 0 Å². The summed E-state index contributed by atoms with van der Waals surface area (Å²) in [7, 11) is 0. The lowest BCUT2D eigenvalue weighted by molar-refractivity contribution is -0.424. The monoisotopic (exact) mass is 311 g/mol. The van der Waals surface area contributed by atoms with Crippen molar-refractivity contribution in [1.29, 1.82) is 0 Å². The summed E-state index contributed by atoms with van der Waals surface area (Å²) < 4.78 is 4.76. The van der Waals surface area contributed by atoms with E-state index in [9.17, 15) is 35.1 Å². The van der Waals surface area contributed by atoms with Crippen molar-refractivity contribution < 1.29 is 24.3 Å². The third-order valence-electron chi connectivity index (χ3n) is 2.61. The summed E-state index contributed by atoms with van der Waals surface area (Å²) >= 11 is 0. The van der Waals surface area contributed by atoms with Crippen LogP contribution in [0.3, 0.4) is 0 Å². The Bertz CT molecular complexity index is 684. The molecular weight excluding hydrogens is 302 g/mol. The van der Waals surface area contributed by atoms with E-state index >= 15 is 0 Å². The fraction of sp³-hybridized carbons (Fsp3) is 0.182. The van der Waals surface area contributed by atoms with Gasteiger partial charge in [-0.15, -0.1) is 0 Å². The minimum Gasteiger partial charge on any atom is -0.454 e. The van der Waals surface area contributed by atoms with E-state index in [-0.39, 0.29) is 5.56 Å². The van der Waals surface area contributed by atoms with Crippen molar-refractivity contribution in [3.05, 3.63) is 60.7 Å². The molecule has 11 nitrogen and oxygen atoms in total. The van der Waals surface area contributed by atoms with Gasteiger partial charge in [-0.1, -0.05) is 6.58 Å². The van der Waals surface area contributed by atoms with Gasteiger partial charge in [-0.25, -0.2) is 4.79 Å². The van der Waals surface area contributed by atoms with E-state index in [1.165, 1.54) is 6.92 Å². The van der Waals surface area contributed by atoms with E-state index < -0.39 is 43.9 Å². The van der Waals surface area contributed by atoms with Crippen LogP contribution >= 0.6 is 0 Å². The van der Waals surface area contributed by atoms with E-state index in [0.717, 1.165) is 6.08 Å². The lowest BCUT2D eigenvalue weighted by atomic mass is 10.1. The Morgan fingerprint density at radius 1 is 1.09 bits per heavy atom. The van der Waals surface area contributed by atoms with Gasteiger partial charge in [0.1, 0.15) is 12.2 Å². The number of nitro benzene ring substituents is 3. The van der Waals surface area contributed by atoms with Crippen molar-refractivity contribution in [1.82, 2.24) is 0 Å². The highest BCUT2D eigenvalue weighted by Gasteiger charge is 2.33. The molecule has 0 amide bonds. The Morgan fingerprint density at radius 3 is 1.95 bits per heavy atom. The first-order chi connectivity index (χ1) is 10.2. The van der Waals surface area contributed by atoms with Crippen LogP contribution < -0.4 is 0 Å². The van der Waals surface area contributed by atoms with E-state index in [1.54, 1.807) is 0 Å². The largest absolute Gasteiger partial charge is 0.454 e. The molecule has 0 heterocycles. The molecule has 1 aromatic rings. The molecule has 1 rings (SSSR count). The average molecular weight is 311 g/mol. The highest BCUT2D eigenvalue weighted by atomic mass is 16.6. The highest BCUT2D eigenvalue weighted by molar-refractivity contribution is 5.81. The smallest absolute Gasteiger partial charge is 0.352 e. The number of nitrogens with zero attached hydrogens (tertiary/aromatic N) is 3. The summed E-state index contributed by atoms with van der Waals surface area (Å²) in [6.07, 6.45) is -0.423. The Labute approximate surface area is 122 Å². The number of carbonyl (C=O) groups excluding carboxylic acids is 1. The van der Waals surface area contributed by atoms with Crippen LogP contribution in [0.1, 0.15) is 18.6 Å². The molecule has 1 aromatic carbocycles. The molecule has 0 fully saturated rings. The zero-order valence-electron chi connectivity index (χ0n) is 11.1. The highest BCUT2D eigenvalue weighted by Crippen LogP contribution is 2.37. The lowest BCUT2D eigenvalue weighted by Gasteiger charge is -2.12. The van der Waals surface area contributed by atoms with Gasteiger partial charge in [0.2, 0.25) is 0 Å². The quantitative estimate of drug-likeness (QED) is 0.335. The maximum Gasteiger partial charge on any atom is 0.352 e. The van der Waals surface area contributed by atoms with Gasteiger partial charge < -0.3 is 4.74 Å². The van der Waals surface area contributed by atoms with E-state index in [0.29, 0.717) is 12.1 Å². The molecule has 0 aromatic heterocycles. The molecule has 11 heteroatoms. The van der Waals surface area contributed by atoms with Gasteiger partial charge >= 0.3 is 17.3 Å². The number of nitro groups is 3. The van der Waals surface area contributed by atoms with Gasteiger partial charge in [-0.05, 0) is 6.92 Å². The first-order valence-corrected chi connectivity index (χ1v) is 5.63. The van der Waals surface area contributed by atoms with Crippen LogP contribution in [0.4, 0.5) is 17.1 Å². The van der Waals surface area contributed by atoms with Crippen molar-refractivity contribution in [2.75, 3.05) is 0 Å². The number of carbonyl (C=O) groups is 1. The Balaban J connectivity index is 3.54. The molecule has 0 N–H and O–H groups in total. The topological polar surface area (TPSA) is 156 Å². The van der Waals surface area contributed by atoms with Crippen LogP contribution in [0.2, 0.25) is 0 Å². The summed E-state index contributed by atoms with van der Waals surface area (Å²) in [5.74, 6) is -0.900. The predicted octanol–water partition coefficient (Wildman–Crippen LogP) is 2.20. The maximum absolute atomic E-state index is 11.1. The lowest BCUT2D eigenvalue weighted by Crippen LogP contribution is -2.09. The summed E-state index contributed by atoms with van der Waals surface area (Å²) in [6, 6.07) is 1.11. The molecule has 1 atom stereocenters. The van der Waals surface area contributed by atoms with Gasteiger partial charge in [-0.2, -0.15) is 0 Å². The van der Waals surface area contributed by atoms with Gasteiger partial charge in [0.25, 0.3) is 5.69 Å². The van der Waals surface area contributed by atoms with Crippen LogP contribution in [-0.4, -0.2) is 20.7 Å². The van der Waals surface area contributed by atoms with E-state index in [4.69, 9.17) is 4.74 Å². The first-order valence-electron chi connectivity index (χ1n) is 5.63. The Morgan fingerprint density at radius 2 is 1.55 bits per heavy atom. The Kier molecular flexibility index (Phi) is 4.84. The molecule has 22 heavy (non-hydrogen) atoms. The maximum atomic E-state index is 11.1. The number of benzene rings is 1. The number of esters is 1. The SMILES string of the molecule is C=CC(=O)OC(C)c1cc([N+](=O)[O-])c([N+](=O)[O-])cc1[N+](=O)[O-]. The van der Waals surface area contributed by atoms with Crippen molar-refractivity contribution in [2.45, 2.75) is 13.0 Å². The number of rotatable bonds is 6. The molecule has 0 aliphatic rings. The molecule has 0 aliphatic carbocycles. The predicted molar refractivity (Wildman–Crippen MR) is 71.1 cm³/mol. The summed E-state index contributed by atoms with van der Waals surface area (Å²) in [5, 5.41) is 32.6. The molecule has 116 valence electrons. The van der Waals surface area contributed by atoms with Crippen molar-refractivity contribution in [3.8, 4) is 0 Å². The van der Waals surface area contributed by atoms with Gasteiger partial charge in [0.15, 0.2) is 0 Å². The minimum atomic E-state index is -1.23. The zero-order chi connectivity index (χ0) is 17.0. The standard InChI is InChI=1S/C11H9N3O8/c1-3-11(15)22-6(2)7-4-9(13(18)19)10(14(20)21)5-8(7)12(16)17/h3-6H,1H2,2H3. The van der Waals surface area contributed by atoms with Gasteiger partial charge in [-0.3, -0.25) is 30.3 Å². The van der Waals surface area contributed by atoms with Gasteiger partial charge in [0, 0.05) is 12.1 Å². The molecule has 0 aliphatic heterocycles. The fourth-order valence-corrected chi connectivity index (χ4v) is 1.64. The third-order valence-corrected chi connectivity index (χ3v) is 2.61. The molecule has 0 radical (unpaired) electrons. The number of hydrogen-bond donors (Lipinski definition) is 0. The molecule has 0 saturated heterocycles. The van der Waals surface area contributed by atoms with Gasteiger partial charge in [0.05, 0.1) is 20.3 Å². The second kappa shape index (κ2) is 6.39. The summed E-state index contributed by atoms with van der Waals surface area (Å²) in [6.45, 7) is 4.38. The van der Waals surface area contributed by atoms with Crippen LogP contribution in [0, 0.1) is 30.3 Å². The molecule has 0 bridgehead atoms. The summed E-state index contributed by atoms with van der Waals surface area (Å²) in [5.41, 5.74) is -3.06. The molecule has 0 spiro atoms. The van der Waals surface area contributed by atoms with E-state index in [2.05, 4.69) is 6.58 Å². The van der Waals surface area contributed by atoms with Crippen molar-refractivity contribution >= 4 is 23.0 Å². The van der Waals surface area contributed by atoms with Crippen LogP contribution in [0.25, 0.3) is 0 Å². The molecular formula is C11H9N3O8. The molecule has 1 unspecified atom stereocenters. The second-order valence-corrected chi connectivity index (χ2v) is 3.95. The summed E-state index contributed by atoms with van der Waals surface area (Å²) in [4.78, 5) is 40.7. The fourth-order valence-electron chi connectivity index (χ4n) is 1.64. The Hall–Kier alpha value is -3.37. The normalized spacial score (nSPS) is 11.3. The van der Waals surface area contributed by atoms with Crippen molar-refractivity contribution in [3.63, 3.8) is 0 Å². The number of hydrogen-bond acceptors (Lipinski definition) is 8. The van der Waals surface area contributed by atoms with Crippen LogP contribution in [0.5, 0.6) is 0 Å². The zero-order valence-corrected chi connectivity index (χ0v) is 11.1. The average Bonchev–Trinajstić information content (AvgIpc) is 2.44. The first kappa shape index (κ1) is 16.7. The minimum absolute atomic E-state index is 0.336. The number of ether oxygens (including phenoxy) is 1. The van der Waals surface area contributed by atoms with Crippen LogP contribution in [0.15, 0.2) is 24.8 Å². The van der Waals surface area contributed by atoms with E-state index in [1.807, 2.05) is 0 Å². The second-order valence-electron chi connectivity index (χ2n) is 3.95. The van der Waals surface area contributed by atoms with Crippen LogP contribution in [-0.2, 0) is 9.53 Å².